The molecule has 2 atom stereocenters. The smallest absolute Gasteiger partial charge is 0.254 e. The van der Waals surface area contributed by atoms with Crippen molar-refractivity contribution in [3.63, 3.8) is 0 Å². The number of carbonyl (C=O) groups excluding carboxylic acids is 2. The van der Waals surface area contributed by atoms with Gasteiger partial charge >= 0.3 is 0 Å². The van der Waals surface area contributed by atoms with Gasteiger partial charge in [0.05, 0.1) is 0 Å². The Morgan fingerprint density at radius 2 is 1.65 bits per heavy atom. The van der Waals surface area contributed by atoms with Crippen LogP contribution < -0.4 is 11.1 Å². The third-order valence-corrected chi connectivity index (χ3v) is 3.35. The van der Waals surface area contributed by atoms with Gasteiger partial charge in [0, 0.05) is 7.11 Å². The van der Waals surface area contributed by atoms with Gasteiger partial charge in [0.25, 0.3) is 5.91 Å². The molecule has 0 saturated heterocycles. The maximum absolute atomic E-state index is 13.0. The molecule has 0 unspecified atom stereocenters. The van der Waals surface area contributed by atoms with Gasteiger partial charge in [0.1, 0.15) is 11.9 Å². The number of ether oxygens (including phenoxy) is 1. The zero-order valence-electron chi connectivity index (χ0n) is 12.5. The Morgan fingerprint density at radius 1 is 1.04 bits per heavy atom. The molecule has 3 N–H and O–H groups in total. The third kappa shape index (κ3) is 4.14. The first-order chi connectivity index (χ1) is 11.0. The van der Waals surface area contributed by atoms with Crippen molar-refractivity contribution in [1.82, 2.24) is 5.32 Å². The number of rotatable bonds is 6. The number of nitrogens with two attached hydrogens (primary N) is 1. The van der Waals surface area contributed by atoms with E-state index < -0.39 is 29.8 Å². The minimum Gasteiger partial charge on any atom is -0.368 e. The Balaban J connectivity index is 2.20. The predicted molar refractivity (Wildman–Crippen MR) is 82.7 cm³/mol. The van der Waals surface area contributed by atoms with Crippen LogP contribution in [0.15, 0.2) is 54.6 Å². The molecule has 6 heteroatoms. The number of hydrogen-bond acceptors (Lipinski definition) is 3. The quantitative estimate of drug-likeness (QED) is 0.853. The van der Waals surface area contributed by atoms with Gasteiger partial charge in [0.2, 0.25) is 5.91 Å². The number of halogens is 1. The standard InChI is InChI=1S/C17H17FN2O3/c1-23-15(12-5-3-2-4-6-12)17(22)20-14(16(19)21)11-7-9-13(18)10-8-11/h2-10,14-15H,1H3,(H2,19,21)(H,20,22)/t14-,15-/m0/s1. The minimum atomic E-state index is -1.07. The highest BCUT2D eigenvalue weighted by Gasteiger charge is 2.26. The lowest BCUT2D eigenvalue weighted by Crippen LogP contribution is -2.40. The lowest BCUT2D eigenvalue weighted by molar-refractivity contribution is -0.135. The van der Waals surface area contributed by atoms with Crippen molar-refractivity contribution in [2.45, 2.75) is 12.1 Å². The third-order valence-electron chi connectivity index (χ3n) is 3.35. The van der Waals surface area contributed by atoms with Crippen molar-refractivity contribution in [3.8, 4) is 0 Å². The Bertz CT molecular complexity index is 674. The van der Waals surface area contributed by atoms with Crippen LogP contribution in [0.25, 0.3) is 0 Å². The van der Waals surface area contributed by atoms with E-state index in [0.29, 0.717) is 11.1 Å². The lowest BCUT2D eigenvalue weighted by Gasteiger charge is -2.20. The van der Waals surface area contributed by atoms with Crippen molar-refractivity contribution in [3.05, 3.63) is 71.5 Å². The number of amides is 2. The highest BCUT2D eigenvalue weighted by atomic mass is 19.1. The first-order valence-electron chi connectivity index (χ1n) is 6.96. The molecule has 120 valence electrons. The zero-order chi connectivity index (χ0) is 16.8. The number of benzene rings is 2. The highest BCUT2D eigenvalue weighted by Crippen LogP contribution is 2.19. The van der Waals surface area contributed by atoms with E-state index in [1.165, 1.54) is 31.4 Å². The average Bonchev–Trinajstić information content (AvgIpc) is 2.55. The molecule has 0 fully saturated rings. The molecular weight excluding hydrogens is 299 g/mol. The van der Waals surface area contributed by atoms with E-state index in [-0.39, 0.29) is 0 Å². The van der Waals surface area contributed by atoms with Crippen LogP contribution in [-0.4, -0.2) is 18.9 Å². The Labute approximate surface area is 133 Å². The van der Waals surface area contributed by atoms with Crippen LogP contribution in [0, 0.1) is 5.82 Å². The molecule has 0 bridgehead atoms. The fourth-order valence-electron chi connectivity index (χ4n) is 2.21. The lowest BCUT2D eigenvalue weighted by atomic mass is 10.0. The maximum atomic E-state index is 13.0. The SMILES string of the molecule is CO[C@H](C(=O)N[C@H](C(N)=O)c1ccc(F)cc1)c1ccccc1. The number of carbonyl (C=O) groups is 2. The first-order valence-corrected chi connectivity index (χ1v) is 6.96. The van der Waals surface area contributed by atoms with Gasteiger partial charge in [0.15, 0.2) is 6.10 Å². The normalized spacial score (nSPS) is 13.1. The summed E-state index contributed by atoms with van der Waals surface area (Å²) in [5.74, 6) is -1.69. The Morgan fingerprint density at radius 3 is 2.17 bits per heavy atom. The number of primary amides is 1. The summed E-state index contributed by atoms with van der Waals surface area (Å²) in [4.78, 5) is 24.1. The Kier molecular flexibility index (Phi) is 5.43. The van der Waals surface area contributed by atoms with Gasteiger partial charge in [-0.2, -0.15) is 0 Å². The van der Waals surface area contributed by atoms with Crippen molar-refractivity contribution in [1.29, 1.82) is 0 Å². The molecule has 0 radical (unpaired) electrons. The molecule has 0 aliphatic rings. The molecule has 2 aromatic carbocycles. The molecule has 2 aromatic rings. The molecular formula is C17H17FN2O3. The molecule has 0 saturated carbocycles. The largest absolute Gasteiger partial charge is 0.368 e. The van der Waals surface area contributed by atoms with E-state index in [2.05, 4.69) is 5.32 Å². The summed E-state index contributed by atoms with van der Waals surface area (Å²) in [6.07, 6.45) is -0.876. The molecule has 2 amide bonds. The second kappa shape index (κ2) is 7.51. The van der Waals surface area contributed by atoms with Crippen LogP contribution in [-0.2, 0) is 14.3 Å². The number of nitrogens with one attached hydrogen (secondary N) is 1. The summed E-state index contributed by atoms with van der Waals surface area (Å²) in [5, 5.41) is 2.54. The van der Waals surface area contributed by atoms with Crippen LogP contribution in [0.1, 0.15) is 23.3 Å². The van der Waals surface area contributed by atoms with Crippen LogP contribution in [0.5, 0.6) is 0 Å². The van der Waals surface area contributed by atoms with Gasteiger partial charge < -0.3 is 15.8 Å². The van der Waals surface area contributed by atoms with Crippen molar-refractivity contribution < 1.29 is 18.7 Å². The molecule has 0 aliphatic carbocycles. The van der Waals surface area contributed by atoms with Crippen LogP contribution in [0.4, 0.5) is 4.39 Å². The van der Waals surface area contributed by atoms with E-state index in [1.54, 1.807) is 24.3 Å². The van der Waals surface area contributed by atoms with Gasteiger partial charge in [-0.05, 0) is 23.3 Å². The summed E-state index contributed by atoms with van der Waals surface area (Å²) in [7, 11) is 1.40. The van der Waals surface area contributed by atoms with Crippen molar-refractivity contribution in [2.24, 2.45) is 5.73 Å². The van der Waals surface area contributed by atoms with Crippen molar-refractivity contribution in [2.75, 3.05) is 7.11 Å². The Hall–Kier alpha value is -2.73. The topological polar surface area (TPSA) is 81.4 Å². The molecule has 0 aliphatic heterocycles. The fourth-order valence-corrected chi connectivity index (χ4v) is 2.21. The second-order valence-corrected chi connectivity index (χ2v) is 4.92. The average molecular weight is 316 g/mol. The van der Waals surface area contributed by atoms with E-state index >= 15 is 0 Å². The van der Waals surface area contributed by atoms with Crippen LogP contribution >= 0.6 is 0 Å². The zero-order valence-corrected chi connectivity index (χ0v) is 12.5. The fraction of sp³-hybridized carbons (Fsp3) is 0.176. The number of methoxy groups -OCH3 is 1. The summed E-state index contributed by atoms with van der Waals surface area (Å²) in [5.41, 5.74) is 6.39. The summed E-state index contributed by atoms with van der Waals surface area (Å²) in [6.45, 7) is 0. The second-order valence-electron chi connectivity index (χ2n) is 4.92. The summed E-state index contributed by atoms with van der Waals surface area (Å²) >= 11 is 0. The van der Waals surface area contributed by atoms with E-state index in [1.807, 2.05) is 6.07 Å². The van der Waals surface area contributed by atoms with Crippen LogP contribution in [0.3, 0.4) is 0 Å². The molecule has 0 spiro atoms. The number of hydrogen-bond donors (Lipinski definition) is 2. The predicted octanol–water partition coefficient (Wildman–Crippen LogP) is 1.86. The summed E-state index contributed by atoms with van der Waals surface area (Å²) < 4.78 is 18.2. The van der Waals surface area contributed by atoms with E-state index in [0.717, 1.165) is 0 Å². The van der Waals surface area contributed by atoms with Gasteiger partial charge in [-0.1, -0.05) is 42.5 Å². The van der Waals surface area contributed by atoms with Gasteiger partial charge in [-0.3, -0.25) is 9.59 Å². The van der Waals surface area contributed by atoms with Gasteiger partial charge in [-0.15, -0.1) is 0 Å². The van der Waals surface area contributed by atoms with E-state index in [4.69, 9.17) is 10.5 Å². The molecule has 5 nitrogen and oxygen atoms in total. The molecule has 0 aromatic heterocycles. The molecule has 2 rings (SSSR count). The maximum Gasteiger partial charge on any atom is 0.254 e. The van der Waals surface area contributed by atoms with Crippen molar-refractivity contribution >= 4 is 11.8 Å². The van der Waals surface area contributed by atoms with E-state index in [9.17, 15) is 14.0 Å². The monoisotopic (exact) mass is 316 g/mol. The van der Waals surface area contributed by atoms with Crippen LogP contribution in [0.2, 0.25) is 0 Å². The molecule has 0 heterocycles. The molecule has 23 heavy (non-hydrogen) atoms. The van der Waals surface area contributed by atoms with Gasteiger partial charge in [-0.25, -0.2) is 4.39 Å². The first kappa shape index (κ1) is 16.6. The summed E-state index contributed by atoms with van der Waals surface area (Å²) in [6, 6.07) is 13.0. The highest BCUT2D eigenvalue weighted by molar-refractivity contribution is 5.89. The minimum absolute atomic E-state index is 0.398.